The molecule has 0 fully saturated rings. The first-order valence-electron chi connectivity index (χ1n) is 9.58. The van der Waals surface area contributed by atoms with Crippen molar-refractivity contribution < 1.29 is 14.5 Å². The quantitative estimate of drug-likeness (QED) is 0.373. The van der Waals surface area contributed by atoms with Gasteiger partial charge in [-0.05, 0) is 43.2 Å². The Labute approximate surface area is 188 Å². The maximum atomic E-state index is 12.9. The molecule has 1 aromatic heterocycles. The van der Waals surface area contributed by atoms with Gasteiger partial charge in [0.15, 0.2) is 5.17 Å². The lowest BCUT2D eigenvalue weighted by molar-refractivity contribution is -0.384. The van der Waals surface area contributed by atoms with Crippen LogP contribution in [0.15, 0.2) is 47.1 Å². The van der Waals surface area contributed by atoms with Crippen LogP contribution in [0.1, 0.15) is 23.6 Å². The molecular formula is C21H22N4O4S2. The third-order valence-electron chi connectivity index (χ3n) is 4.19. The first-order chi connectivity index (χ1) is 14.7. The Balaban J connectivity index is 1.68. The van der Waals surface area contributed by atoms with Crippen LogP contribution < -0.4 is 5.32 Å². The van der Waals surface area contributed by atoms with Crippen molar-refractivity contribution in [1.29, 1.82) is 0 Å². The number of nitrogens with one attached hydrogen (secondary N) is 1. The average Bonchev–Trinajstić information content (AvgIpc) is 3.24. The zero-order valence-electron chi connectivity index (χ0n) is 17.3. The summed E-state index contributed by atoms with van der Waals surface area (Å²) in [7, 11) is 0. The zero-order valence-corrected chi connectivity index (χ0v) is 19.0. The molecule has 2 amide bonds. The number of benzene rings is 1. The minimum absolute atomic E-state index is 0.0456. The van der Waals surface area contributed by atoms with E-state index in [4.69, 9.17) is 0 Å². The molecule has 0 radical (unpaired) electrons. The van der Waals surface area contributed by atoms with Gasteiger partial charge in [0, 0.05) is 34.1 Å². The fourth-order valence-electron chi connectivity index (χ4n) is 2.83. The number of amides is 2. The lowest BCUT2D eigenvalue weighted by Crippen LogP contribution is -2.34. The van der Waals surface area contributed by atoms with Gasteiger partial charge in [-0.2, -0.15) is 0 Å². The number of non-ortho nitro benzene ring substituents is 1. The van der Waals surface area contributed by atoms with Crippen molar-refractivity contribution in [2.24, 2.45) is 10.9 Å². The van der Waals surface area contributed by atoms with E-state index in [-0.39, 0.29) is 29.2 Å². The van der Waals surface area contributed by atoms with E-state index in [0.717, 1.165) is 9.75 Å². The fourth-order valence-corrected chi connectivity index (χ4v) is 4.45. The van der Waals surface area contributed by atoms with Crippen molar-refractivity contribution in [3.63, 3.8) is 0 Å². The predicted octanol–water partition coefficient (Wildman–Crippen LogP) is 4.53. The third-order valence-corrected chi connectivity index (χ3v) is 6.12. The number of rotatable bonds is 7. The van der Waals surface area contributed by atoms with Crippen LogP contribution in [0.2, 0.25) is 0 Å². The highest BCUT2D eigenvalue weighted by molar-refractivity contribution is 8.14. The van der Waals surface area contributed by atoms with Crippen molar-refractivity contribution in [3.8, 4) is 0 Å². The van der Waals surface area contributed by atoms with Crippen molar-refractivity contribution in [2.75, 3.05) is 17.6 Å². The Morgan fingerprint density at radius 1 is 1.29 bits per heavy atom. The van der Waals surface area contributed by atoms with Crippen molar-refractivity contribution in [1.82, 2.24) is 4.90 Å². The molecule has 1 aliphatic heterocycles. The van der Waals surface area contributed by atoms with Gasteiger partial charge in [0.25, 0.3) is 11.6 Å². The van der Waals surface area contributed by atoms with E-state index >= 15 is 0 Å². The lowest BCUT2D eigenvalue weighted by atomic mass is 10.2. The van der Waals surface area contributed by atoms with Gasteiger partial charge in [-0.25, -0.2) is 4.99 Å². The second-order valence-corrected chi connectivity index (χ2v) is 9.58. The zero-order chi connectivity index (χ0) is 22.5. The van der Waals surface area contributed by atoms with Gasteiger partial charge < -0.3 is 5.32 Å². The monoisotopic (exact) mass is 458 g/mol. The normalized spacial score (nSPS) is 15.0. The van der Waals surface area contributed by atoms with Gasteiger partial charge >= 0.3 is 0 Å². The van der Waals surface area contributed by atoms with Crippen LogP contribution in [0.5, 0.6) is 0 Å². The number of nitrogens with zero attached hydrogens (tertiary/aromatic N) is 3. The summed E-state index contributed by atoms with van der Waals surface area (Å²) in [4.78, 5) is 43.6. The number of thioether (sulfide) groups is 1. The summed E-state index contributed by atoms with van der Waals surface area (Å²) in [6.07, 6.45) is 1.78. The molecule has 8 nitrogen and oxygen atoms in total. The highest BCUT2D eigenvalue weighted by atomic mass is 32.2. The molecule has 2 aromatic rings. The van der Waals surface area contributed by atoms with Crippen LogP contribution in [-0.4, -0.2) is 39.1 Å². The molecule has 0 bridgehead atoms. The van der Waals surface area contributed by atoms with Gasteiger partial charge in [-0.1, -0.05) is 25.6 Å². The van der Waals surface area contributed by atoms with Crippen molar-refractivity contribution in [3.05, 3.63) is 62.0 Å². The van der Waals surface area contributed by atoms with E-state index in [0.29, 0.717) is 23.1 Å². The molecule has 31 heavy (non-hydrogen) atoms. The molecule has 0 unspecified atom stereocenters. The molecule has 0 aliphatic carbocycles. The molecule has 0 saturated carbocycles. The van der Waals surface area contributed by atoms with Gasteiger partial charge in [0.2, 0.25) is 5.91 Å². The highest BCUT2D eigenvalue weighted by Crippen LogP contribution is 2.27. The van der Waals surface area contributed by atoms with Gasteiger partial charge in [0.05, 0.1) is 10.7 Å². The molecule has 162 valence electrons. The standard InChI is InChI=1S/C21H22N4O4S2/c1-13(2)11-24-20(27)18(10-17-9-4-14(3)31-17)23-21(24)30-12-19(26)22-15-5-7-16(8-6-15)25(28)29/h4-10,13H,11-12H2,1-3H3,(H,22,26). The largest absolute Gasteiger partial charge is 0.325 e. The number of hydrogen-bond donors (Lipinski definition) is 1. The summed E-state index contributed by atoms with van der Waals surface area (Å²) in [5, 5.41) is 13.9. The second kappa shape index (κ2) is 9.88. The van der Waals surface area contributed by atoms with Crippen LogP contribution in [0.3, 0.4) is 0 Å². The maximum Gasteiger partial charge on any atom is 0.278 e. The van der Waals surface area contributed by atoms with Crippen LogP contribution in [-0.2, 0) is 9.59 Å². The summed E-state index contributed by atoms with van der Waals surface area (Å²) in [5.41, 5.74) is 0.782. The molecule has 1 N–H and O–H groups in total. The molecule has 0 atom stereocenters. The van der Waals surface area contributed by atoms with E-state index in [1.165, 1.54) is 36.0 Å². The smallest absolute Gasteiger partial charge is 0.278 e. The minimum atomic E-state index is -0.497. The molecule has 0 saturated heterocycles. The Morgan fingerprint density at radius 3 is 2.58 bits per heavy atom. The summed E-state index contributed by atoms with van der Waals surface area (Å²) in [6, 6.07) is 9.56. The molecule has 10 heteroatoms. The number of nitro groups is 1. The van der Waals surface area contributed by atoms with Crippen LogP contribution in [0.4, 0.5) is 11.4 Å². The fraction of sp³-hybridized carbons (Fsp3) is 0.286. The SMILES string of the molecule is Cc1ccc(C=C2N=C(SCC(=O)Nc3ccc([N+](=O)[O-])cc3)N(CC(C)C)C2=O)s1. The van der Waals surface area contributed by atoms with Gasteiger partial charge in [-0.15, -0.1) is 11.3 Å². The number of aliphatic imine (C=N–C) groups is 1. The number of hydrogen-bond acceptors (Lipinski definition) is 7. The summed E-state index contributed by atoms with van der Waals surface area (Å²) in [6.45, 7) is 6.54. The topological polar surface area (TPSA) is 105 Å². The van der Waals surface area contributed by atoms with Crippen LogP contribution in [0.25, 0.3) is 6.08 Å². The van der Waals surface area contributed by atoms with E-state index < -0.39 is 4.92 Å². The number of nitro benzene ring substituents is 1. The van der Waals surface area contributed by atoms with E-state index in [1.807, 2.05) is 32.9 Å². The Bertz CT molecular complexity index is 1060. The van der Waals surface area contributed by atoms with Gasteiger partial charge in [-0.3, -0.25) is 24.6 Å². The minimum Gasteiger partial charge on any atom is -0.325 e. The molecule has 1 aliphatic rings. The molecular weight excluding hydrogens is 436 g/mol. The Morgan fingerprint density at radius 2 is 2.00 bits per heavy atom. The molecule has 0 spiro atoms. The van der Waals surface area contributed by atoms with Crippen LogP contribution in [0, 0.1) is 23.0 Å². The second-order valence-electron chi connectivity index (χ2n) is 7.32. The average molecular weight is 459 g/mol. The lowest BCUT2D eigenvalue weighted by Gasteiger charge is -2.19. The summed E-state index contributed by atoms with van der Waals surface area (Å²) >= 11 is 2.78. The number of aryl methyl sites for hydroxylation is 1. The van der Waals surface area contributed by atoms with Gasteiger partial charge in [0.1, 0.15) is 5.70 Å². The van der Waals surface area contributed by atoms with E-state index in [9.17, 15) is 19.7 Å². The Hall–Kier alpha value is -2.98. The third kappa shape index (κ3) is 6.02. The van der Waals surface area contributed by atoms with Crippen molar-refractivity contribution in [2.45, 2.75) is 20.8 Å². The number of thiophene rings is 1. The summed E-state index contributed by atoms with van der Waals surface area (Å²) in [5.74, 6) is -0.154. The molecule has 1 aromatic carbocycles. The summed E-state index contributed by atoms with van der Waals surface area (Å²) < 4.78 is 0. The van der Waals surface area contributed by atoms with Crippen molar-refractivity contribution >= 4 is 57.5 Å². The van der Waals surface area contributed by atoms with E-state index in [1.54, 1.807) is 22.3 Å². The number of anilines is 1. The molecule has 2 heterocycles. The van der Waals surface area contributed by atoms with E-state index in [2.05, 4.69) is 10.3 Å². The number of amidine groups is 1. The number of carbonyl (C=O) groups is 2. The first-order valence-corrected chi connectivity index (χ1v) is 11.4. The predicted molar refractivity (Wildman–Crippen MR) is 125 cm³/mol. The Kier molecular flexibility index (Phi) is 7.24. The maximum absolute atomic E-state index is 12.9. The first kappa shape index (κ1) is 22.7. The number of carbonyl (C=O) groups excluding carboxylic acids is 2. The highest BCUT2D eigenvalue weighted by Gasteiger charge is 2.31. The van der Waals surface area contributed by atoms with Crippen LogP contribution >= 0.6 is 23.1 Å². The molecule has 3 rings (SSSR count).